The van der Waals surface area contributed by atoms with E-state index in [2.05, 4.69) is 11.6 Å². The number of hydrogen-bond acceptors (Lipinski definition) is 4. The molecule has 1 amide bonds. The molecule has 0 aliphatic heterocycles. The highest BCUT2D eigenvalue weighted by Gasteiger charge is 2.95. The van der Waals surface area contributed by atoms with E-state index in [1.807, 2.05) is 0 Å². The molecule has 1 aromatic heterocycles. The Labute approximate surface area is 245 Å². The van der Waals surface area contributed by atoms with Crippen molar-refractivity contribution in [2.75, 3.05) is 11.9 Å². The average molecular weight is 716 g/mol. The third kappa shape index (κ3) is 5.67. The fourth-order valence-corrected chi connectivity index (χ4v) is 5.31. The molecule has 22 heteroatoms. The molecular weight excluding hydrogens is 698 g/mol. The van der Waals surface area contributed by atoms with E-state index >= 15 is 0 Å². The number of rotatable bonds is 11. The monoisotopic (exact) mass is 715 g/mol. The standard InChI is InChI=1S/C22H18ClF16NO3S/c1-2-43-13(41)11-9-7-5-3-4-6-8-10(9)44-12(11)40-14(42)15(24,25)16(26,27)17(28,29)18(30,31)19(32,33)20(34,35)21(36,37)22(23,38)39/h2-8H2,1H3,(H,40,42). The van der Waals surface area contributed by atoms with Crippen LogP contribution in [0.1, 0.15) is 53.4 Å². The van der Waals surface area contributed by atoms with Crippen molar-refractivity contribution in [3.63, 3.8) is 0 Å². The second kappa shape index (κ2) is 11.9. The van der Waals surface area contributed by atoms with Crippen LogP contribution in [0.5, 0.6) is 0 Å². The summed E-state index contributed by atoms with van der Waals surface area (Å²) in [4.78, 5) is 24.8. The van der Waals surface area contributed by atoms with Crippen LogP contribution >= 0.6 is 22.9 Å². The minimum absolute atomic E-state index is 0.0297. The zero-order valence-electron chi connectivity index (χ0n) is 21.5. The normalized spacial score (nSPS) is 16.6. The van der Waals surface area contributed by atoms with Crippen LogP contribution in [0.3, 0.4) is 0 Å². The SMILES string of the molecule is CCOC(=O)c1c(NC(=O)C(F)(F)C(F)(F)C(F)(F)C(F)(F)C(F)(F)C(F)(F)C(F)(F)C(F)(F)Cl)sc2c1CCCCCC2. The molecule has 44 heavy (non-hydrogen) atoms. The van der Waals surface area contributed by atoms with Crippen molar-refractivity contribution < 1.29 is 84.6 Å². The van der Waals surface area contributed by atoms with Crippen LogP contribution in [-0.4, -0.2) is 65.3 Å². The number of halogens is 17. The summed E-state index contributed by atoms with van der Waals surface area (Å²) in [5, 5.41) is -7.02. The zero-order chi connectivity index (χ0) is 34.5. The van der Waals surface area contributed by atoms with Crippen molar-refractivity contribution in [1.82, 2.24) is 0 Å². The number of fused-ring (bicyclic) bond motifs is 1. The molecule has 0 aromatic carbocycles. The van der Waals surface area contributed by atoms with E-state index in [1.54, 1.807) is 0 Å². The summed E-state index contributed by atoms with van der Waals surface area (Å²) >= 11 is 3.78. The van der Waals surface area contributed by atoms with Crippen molar-refractivity contribution in [1.29, 1.82) is 0 Å². The molecule has 0 radical (unpaired) electrons. The van der Waals surface area contributed by atoms with Gasteiger partial charge in [-0.2, -0.15) is 70.2 Å². The molecule has 1 aliphatic rings. The van der Waals surface area contributed by atoms with E-state index in [4.69, 9.17) is 4.74 Å². The fraction of sp³-hybridized carbons (Fsp3) is 0.727. The summed E-state index contributed by atoms with van der Waals surface area (Å²) in [6, 6.07) is 0. The Morgan fingerprint density at radius 2 is 1.14 bits per heavy atom. The lowest BCUT2D eigenvalue weighted by molar-refractivity contribution is -0.445. The van der Waals surface area contributed by atoms with E-state index in [1.165, 1.54) is 6.92 Å². The Bertz CT molecular complexity index is 1240. The summed E-state index contributed by atoms with van der Waals surface area (Å²) in [7, 11) is 0. The number of anilines is 1. The molecule has 1 aliphatic carbocycles. The Morgan fingerprint density at radius 3 is 1.59 bits per heavy atom. The number of carbonyl (C=O) groups excluding carboxylic acids is 2. The Morgan fingerprint density at radius 1 is 0.705 bits per heavy atom. The quantitative estimate of drug-likeness (QED) is 0.142. The largest absolute Gasteiger partial charge is 0.462 e. The van der Waals surface area contributed by atoms with Crippen LogP contribution in [-0.2, 0) is 22.4 Å². The molecule has 1 heterocycles. The first-order valence-electron chi connectivity index (χ1n) is 11.9. The highest BCUT2D eigenvalue weighted by molar-refractivity contribution is 7.17. The molecule has 0 saturated heterocycles. The molecule has 1 aromatic rings. The smallest absolute Gasteiger partial charge is 0.393 e. The number of esters is 1. The predicted molar refractivity (Wildman–Crippen MR) is 120 cm³/mol. The number of alkyl halides is 17. The van der Waals surface area contributed by atoms with Crippen LogP contribution in [0, 0.1) is 0 Å². The number of hydrogen-bond donors (Lipinski definition) is 1. The Hall–Kier alpha value is -2.19. The molecule has 254 valence electrons. The van der Waals surface area contributed by atoms with Gasteiger partial charge in [-0.25, -0.2) is 4.79 Å². The van der Waals surface area contributed by atoms with Gasteiger partial charge in [0.15, 0.2) is 0 Å². The summed E-state index contributed by atoms with van der Waals surface area (Å²) < 4.78 is 225. The number of nitrogens with one attached hydrogen (secondary N) is 1. The summed E-state index contributed by atoms with van der Waals surface area (Å²) in [6.45, 7) is 0.882. The second-order valence-corrected chi connectivity index (χ2v) is 10.9. The second-order valence-electron chi connectivity index (χ2n) is 9.32. The Balaban J connectivity index is 2.60. The summed E-state index contributed by atoms with van der Waals surface area (Å²) in [5.74, 6) is -62.5. The fourth-order valence-electron chi connectivity index (χ4n) is 3.91. The van der Waals surface area contributed by atoms with Gasteiger partial charge in [0.2, 0.25) is 0 Å². The maximum atomic E-state index is 14.5. The van der Waals surface area contributed by atoms with Gasteiger partial charge >= 0.3 is 58.7 Å². The van der Waals surface area contributed by atoms with Crippen molar-refractivity contribution in [3.05, 3.63) is 16.0 Å². The van der Waals surface area contributed by atoms with Gasteiger partial charge in [0.1, 0.15) is 5.00 Å². The molecule has 0 spiro atoms. The van der Waals surface area contributed by atoms with Gasteiger partial charge in [-0.15, -0.1) is 11.3 Å². The van der Waals surface area contributed by atoms with Crippen molar-refractivity contribution in [2.45, 2.75) is 92.3 Å². The van der Waals surface area contributed by atoms with E-state index in [-0.39, 0.29) is 41.2 Å². The number of ether oxygens (including phenoxy) is 1. The first-order valence-corrected chi connectivity index (χ1v) is 13.1. The molecule has 0 unspecified atom stereocenters. The van der Waals surface area contributed by atoms with Gasteiger partial charge in [0.25, 0.3) is 0 Å². The van der Waals surface area contributed by atoms with Gasteiger partial charge in [0, 0.05) is 4.88 Å². The first-order chi connectivity index (χ1) is 19.6. The highest BCUT2D eigenvalue weighted by Crippen LogP contribution is 2.64. The number of aryl methyl sites for hydroxylation is 1. The van der Waals surface area contributed by atoms with E-state index in [0.717, 1.165) is 5.32 Å². The first kappa shape index (κ1) is 38.0. The minimum Gasteiger partial charge on any atom is -0.462 e. The molecule has 0 bridgehead atoms. The maximum Gasteiger partial charge on any atom is 0.393 e. The minimum atomic E-state index is -8.70. The number of carbonyl (C=O) groups is 2. The van der Waals surface area contributed by atoms with Crippen LogP contribution in [0.15, 0.2) is 0 Å². The number of amides is 1. The van der Waals surface area contributed by atoms with Gasteiger partial charge in [-0.3, -0.25) is 4.79 Å². The maximum absolute atomic E-state index is 14.5. The topological polar surface area (TPSA) is 55.4 Å². The molecule has 0 fully saturated rings. The van der Waals surface area contributed by atoms with E-state index < -0.39 is 69.3 Å². The van der Waals surface area contributed by atoms with Gasteiger partial charge < -0.3 is 10.1 Å². The molecule has 0 saturated carbocycles. The third-order valence-corrected chi connectivity index (χ3v) is 7.83. The van der Waals surface area contributed by atoms with Crippen molar-refractivity contribution in [3.8, 4) is 0 Å². The molecule has 2 rings (SSSR count). The highest BCUT2D eigenvalue weighted by atomic mass is 35.5. The lowest BCUT2D eigenvalue weighted by atomic mass is 9.89. The van der Waals surface area contributed by atoms with Crippen molar-refractivity contribution in [2.24, 2.45) is 0 Å². The lowest BCUT2D eigenvalue weighted by Crippen LogP contribution is -2.75. The predicted octanol–water partition coefficient (Wildman–Crippen LogP) is 8.80. The van der Waals surface area contributed by atoms with Crippen LogP contribution in [0.2, 0.25) is 0 Å². The number of thiophene rings is 1. The van der Waals surface area contributed by atoms with Crippen LogP contribution < -0.4 is 5.32 Å². The molecular formula is C22H18ClF16NO3S. The van der Waals surface area contributed by atoms with Crippen LogP contribution in [0.4, 0.5) is 75.2 Å². The van der Waals surface area contributed by atoms with Crippen molar-refractivity contribution >= 4 is 39.8 Å². The molecule has 0 atom stereocenters. The van der Waals surface area contributed by atoms with Gasteiger partial charge in [0.05, 0.1) is 12.2 Å². The average Bonchev–Trinajstić information content (AvgIpc) is 3.18. The van der Waals surface area contributed by atoms with Gasteiger partial charge in [-0.05, 0) is 49.8 Å². The van der Waals surface area contributed by atoms with E-state index in [0.29, 0.717) is 25.7 Å². The van der Waals surface area contributed by atoms with Gasteiger partial charge in [-0.1, -0.05) is 12.8 Å². The molecule has 1 N–H and O–H groups in total. The summed E-state index contributed by atoms with van der Waals surface area (Å²) in [6.07, 6.45) is 2.15. The lowest BCUT2D eigenvalue weighted by Gasteiger charge is -2.42. The summed E-state index contributed by atoms with van der Waals surface area (Å²) in [5.41, 5.74) is -0.650. The van der Waals surface area contributed by atoms with E-state index in [9.17, 15) is 79.8 Å². The Kier molecular flexibility index (Phi) is 10.3. The van der Waals surface area contributed by atoms with Crippen LogP contribution in [0.25, 0.3) is 0 Å². The third-order valence-electron chi connectivity index (χ3n) is 6.39. The zero-order valence-corrected chi connectivity index (χ0v) is 23.1. The molecule has 4 nitrogen and oxygen atoms in total.